The van der Waals surface area contributed by atoms with Crippen LogP contribution in [0.2, 0.25) is 5.02 Å². The fraction of sp³-hybridized carbons (Fsp3) is 0. The van der Waals surface area contributed by atoms with E-state index in [0.29, 0.717) is 0 Å². The van der Waals surface area contributed by atoms with Gasteiger partial charge in [-0.15, -0.1) is 0 Å². The zero-order valence-electron chi connectivity index (χ0n) is 7.89. The van der Waals surface area contributed by atoms with E-state index in [1.54, 1.807) is 6.07 Å². The van der Waals surface area contributed by atoms with Crippen LogP contribution in [0.1, 0.15) is 10.4 Å². The van der Waals surface area contributed by atoms with Crippen LogP contribution in [-0.4, -0.2) is 20.9 Å². The second kappa shape index (κ2) is 3.94. The number of rotatable bonds is 2. The Morgan fingerprint density at radius 3 is 2.81 bits per heavy atom. The fourth-order valence-corrected chi connectivity index (χ4v) is 1.47. The molecular formula is C10H6ClFN2O2. The first-order valence-corrected chi connectivity index (χ1v) is 4.70. The van der Waals surface area contributed by atoms with Gasteiger partial charge in [-0.1, -0.05) is 11.6 Å². The lowest BCUT2D eigenvalue weighted by Gasteiger charge is -2.07. The van der Waals surface area contributed by atoms with Crippen molar-refractivity contribution in [3.8, 4) is 5.69 Å². The van der Waals surface area contributed by atoms with E-state index in [0.717, 1.165) is 12.1 Å². The van der Waals surface area contributed by atoms with Crippen molar-refractivity contribution in [2.45, 2.75) is 0 Å². The van der Waals surface area contributed by atoms with Crippen LogP contribution in [0, 0.1) is 5.82 Å². The minimum atomic E-state index is -1.19. The molecule has 1 N–H and O–H groups in total. The third-order valence-corrected chi connectivity index (χ3v) is 2.31. The molecule has 0 atom stereocenters. The van der Waals surface area contributed by atoms with Gasteiger partial charge in [-0.3, -0.25) is 0 Å². The minimum Gasteiger partial charge on any atom is -0.478 e. The number of aromatic carboxylic acids is 1. The van der Waals surface area contributed by atoms with Crippen LogP contribution in [0.3, 0.4) is 0 Å². The van der Waals surface area contributed by atoms with Crippen LogP contribution in [0.5, 0.6) is 0 Å². The van der Waals surface area contributed by atoms with Crippen molar-refractivity contribution in [3.63, 3.8) is 0 Å². The maximum Gasteiger partial charge on any atom is 0.337 e. The number of hydrogen-bond donors (Lipinski definition) is 1. The van der Waals surface area contributed by atoms with Crippen LogP contribution in [0.15, 0.2) is 30.6 Å². The summed E-state index contributed by atoms with van der Waals surface area (Å²) in [4.78, 5) is 11.0. The Kier molecular flexibility index (Phi) is 2.62. The van der Waals surface area contributed by atoms with Gasteiger partial charge in [0.25, 0.3) is 0 Å². The molecule has 0 spiro atoms. The average molecular weight is 241 g/mol. The highest BCUT2D eigenvalue weighted by Crippen LogP contribution is 2.22. The molecule has 1 aromatic carbocycles. The molecule has 16 heavy (non-hydrogen) atoms. The monoisotopic (exact) mass is 240 g/mol. The molecular weight excluding hydrogens is 235 g/mol. The van der Waals surface area contributed by atoms with Gasteiger partial charge >= 0.3 is 5.97 Å². The Morgan fingerprint density at radius 2 is 2.25 bits per heavy atom. The molecule has 1 aromatic heterocycles. The van der Waals surface area contributed by atoms with E-state index in [9.17, 15) is 9.18 Å². The summed E-state index contributed by atoms with van der Waals surface area (Å²) in [6.07, 6.45) is 2.99. The number of benzene rings is 1. The molecule has 0 aliphatic carbocycles. The second-order valence-corrected chi connectivity index (χ2v) is 3.45. The molecule has 0 amide bonds. The third kappa shape index (κ3) is 1.77. The van der Waals surface area contributed by atoms with Gasteiger partial charge < -0.3 is 5.11 Å². The summed E-state index contributed by atoms with van der Waals surface area (Å²) in [5.74, 6) is -1.87. The largest absolute Gasteiger partial charge is 0.478 e. The smallest absolute Gasteiger partial charge is 0.337 e. The van der Waals surface area contributed by atoms with Crippen LogP contribution in [0.4, 0.5) is 4.39 Å². The van der Waals surface area contributed by atoms with Crippen molar-refractivity contribution < 1.29 is 14.3 Å². The molecule has 4 nitrogen and oxygen atoms in total. The molecule has 0 unspecified atom stereocenters. The number of nitrogens with zero attached hydrogens (tertiary/aromatic N) is 2. The summed E-state index contributed by atoms with van der Waals surface area (Å²) in [5.41, 5.74) is 0.0366. The van der Waals surface area contributed by atoms with Gasteiger partial charge in [0.2, 0.25) is 0 Å². The van der Waals surface area contributed by atoms with Crippen molar-refractivity contribution in [1.29, 1.82) is 0 Å². The molecule has 0 aliphatic heterocycles. The quantitative estimate of drug-likeness (QED) is 0.877. The first-order valence-electron chi connectivity index (χ1n) is 4.32. The van der Waals surface area contributed by atoms with Crippen molar-refractivity contribution >= 4 is 17.6 Å². The summed E-state index contributed by atoms with van der Waals surface area (Å²) >= 11 is 5.52. The molecule has 0 bridgehead atoms. The molecule has 2 rings (SSSR count). The van der Waals surface area contributed by atoms with E-state index in [1.807, 2.05) is 0 Å². The summed E-state index contributed by atoms with van der Waals surface area (Å²) < 4.78 is 14.5. The Hall–Kier alpha value is -1.88. The number of carbonyl (C=O) groups is 1. The molecule has 0 saturated carbocycles. The number of hydrogen-bond acceptors (Lipinski definition) is 2. The van der Waals surface area contributed by atoms with E-state index < -0.39 is 11.8 Å². The van der Waals surface area contributed by atoms with Gasteiger partial charge in [0.15, 0.2) is 0 Å². The highest BCUT2D eigenvalue weighted by atomic mass is 35.5. The SMILES string of the molecule is O=C(O)c1cc(Cl)c(F)cc1-n1cccn1. The predicted molar refractivity (Wildman–Crippen MR) is 55.5 cm³/mol. The third-order valence-electron chi connectivity index (χ3n) is 2.02. The van der Waals surface area contributed by atoms with Gasteiger partial charge in [-0.2, -0.15) is 5.10 Å². The topological polar surface area (TPSA) is 55.1 Å². The molecule has 82 valence electrons. The predicted octanol–water partition coefficient (Wildman–Crippen LogP) is 2.36. The van der Waals surface area contributed by atoms with Gasteiger partial charge in [0, 0.05) is 18.5 Å². The maximum atomic E-state index is 13.2. The molecule has 1 heterocycles. The van der Waals surface area contributed by atoms with Crippen LogP contribution < -0.4 is 0 Å². The lowest BCUT2D eigenvalue weighted by atomic mass is 10.1. The summed E-state index contributed by atoms with van der Waals surface area (Å²) in [6, 6.07) is 3.72. The van der Waals surface area contributed by atoms with Crippen LogP contribution in [-0.2, 0) is 0 Å². The van der Waals surface area contributed by atoms with Crippen molar-refractivity contribution in [2.75, 3.05) is 0 Å². The van der Waals surface area contributed by atoms with Crippen LogP contribution >= 0.6 is 11.6 Å². The lowest BCUT2D eigenvalue weighted by Crippen LogP contribution is -2.06. The van der Waals surface area contributed by atoms with Crippen molar-refractivity contribution in [1.82, 2.24) is 9.78 Å². The van der Waals surface area contributed by atoms with Gasteiger partial charge in [-0.05, 0) is 12.1 Å². The number of halogens is 2. The molecule has 0 aliphatic rings. The summed E-state index contributed by atoms with van der Waals surface area (Å²) in [5, 5.41) is 12.6. The number of carboxylic acid groups (broad SMARTS) is 1. The van der Waals surface area contributed by atoms with Gasteiger partial charge in [-0.25, -0.2) is 13.9 Å². The molecule has 2 aromatic rings. The fourth-order valence-electron chi connectivity index (χ4n) is 1.31. The Balaban J connectivity index is 2.68. The van der Waals surface area contributed by atoms with Gasteiger partial charge in [0.05, 0.1) is 16.3 Å². The van der Waals surface area contributed by atoms with Gasteiger partial charge in [0.1, 0.15) is 5.82 Å². The Bertz CT molecular complexity index is 540. The number of carboxylic acids is 1. The first kappa shape index (κ1) is 10.6. The zero-order chi connectivity index (χ0) is 11.7. The van der Waals surface area contributed by atoms with E-state index in [-0.39, 0.29) is 16.3 Å². The van der Waals surface area contributed by atoms with E-state index in [2.05, 4.69) is 5.10 Å². The molecule has 0 fully saturated rings. The second-order valence-electron chi connectivity index (χ2n) is 3.04. The lowest BCUT2D eigenvalue weighted by molar-refractivity contribution is 0.0696. The molecule has 0 radical (unpaired) electrons. The molecule has 0 saturated heterocycles. The highest BCUT2D eigenvalue weighted by molar-refractivity contribution is 6.31. The first-order chi connectivity index (χ1) is 7.59. The normalized spacial score (nSPS) is 10.4. The van der Waals surface area contributed by atoms with Crippen LogP contribution in [0.25, 0.3) is 5.69 Å². The van der Waals surface area contributed by atoms with Crippen molar-refractivity contribution in [3.05, 3.63) is 47.0 Å². The number of aromatic nitrogens is 2. The van der Waals surface area contributed by atoms with Crippen molar-refractivity contribution in [2.24, 2.45) is 0 Å². The van der Waals surface area contributed by atoms with E-state index in [4.69, 9.17) is 16.7 Å². The van der Waals surface area contributed by atoms with E-state index in [1.165, 1.54) is 17.1 Å². The Morgan fingerprint density at radius 1 is 1.50 bits per heavy atom. The standard InChI is InChI=1S/C10H6ClFN2O2/c11-7-4-6(10(15)16)9(5-8(7)12)14-3-1-2-13-14/h1-5H,(H,15,16). The van der Waals surface area contributed by atoms with E-state index >= 15 is 0 Å². The Labute approximate surface area is 94.9 Å². The summed E-state index contributed by atoms with van der Waals surface area (Å²) in [6.45, 7) is 0. The maximum absolute atomic E-state index is 13.2. The minimum absolute atomic E-state index is 0.102. The zero-order valence-corrected chi connectivity index (χ0v) is 8.65. The average Bonchev–Trinajstić information content (AvgIpc) is 2.74. The highest BCUT2D eigenvalue weighted by Gasteiger charge is 2.15. The molecule has 6 heteroatoms. The summed E-state index contributed by atoms with van der Waals surface area (Å²) in [7, 11) is 0.